The first-order valence-electron chi connectivity index (χ1n) is 7.72. The summed E-state index contributed by atoms with van der Waals surface area (Å²) in [5.74, 6) is -0.0704. The quantitative estimate of drug-likeness (QED) is 0.250. The number of phenolic OH excluding ortho intramolecular Hbond substituents is 1. The predicted octanol–water partition coefficient (Wildman–Crippen LogP) is 0.802. The van der Waals surface area contributed by atoms with Gasteiger partial charge in [0.1, 0.15) is 18.8 Å². The number of nitrogens with zero attached hydrogens (tertiary/aromatic N) is 1. The molecule has 6 nitrogen and oxygen atoms in total. The number of hydrogen-bond acceptors (Lipinski definition) is 4. The molecule has 24 heavy (non-hydrogen) atoms. The molecule has 0 atom stereocenters. The third-order valence-corrected chi connectivity index (χ3v) is 4.36. The fraction of sp³-hybridized carbons (Fsp3) is 0.467. The Hall–Kier alpha value is -1.12. The summed E-state index contributed by atoms with van der Waals surface area (Å²) in [4.78, 5) is 1.56. The number of thiocarbonyl (C=S) groups is 1. The fourth-order valence-electron chi connectivity index (χ4n) is 2.33. The molecule has 1 aromatic rings. The van der Waals surface area contributed by atoms with Gasteiger partial charge in [-0.15, -0.1) is 0 Å². The molecule has 1 fully saturated rings. The standard InChI is InChI=1S/C15H20Cl2N4O2S/c16-12-8-11(14(22)13(17)9-12)10-19-20-15(24)18-2-1-3-21-4-6-23-7-5-21/h8-10,22H,1-7H2,(H2,18,20,24)/p+1/b19-10+. The van der Waals surface area contributed by atoms with Crippen LogP contribution in [0.5, 0.6) is 5.75 Å². The van der Waals surface area contributed by atoms with E-state index in [2.05, 4.69) is 15.8 Å². The molecular formula is C15H21Cl2N4O2S+. The number of aromatic hydroxyl groups is 1. The van der Waals surface area contributed by atoms with Gasteiger partial charge in [-0.1, -0.05) is 23.2 Å². The van der Waals surface area contributed by atoms with Crippen molar-refractivity contribution in [2.75, 3.05) is 39.4 Å². The van der Waals surface area contributed by atoms with E-state index in [-0.39, 0.29) is 10.8 Å². The average Bonchev–Trinajstić information content (AvgIpc) is 2.57. The Bertz CT molecular complexity index is 595. The van der Waals surface area contributed by atoms with Crippen LogP contribution in [0.15, 0.2) is 17.2 Å². The van der Waals surface area contributed by atoms with Gasteiger partial charge in [-0.2, -0.15) is 5.10 Å². The third kappa shape index (κ3) is 6.41. The highest BCUT2D eigenvalue weighted by Gasteiger charge is 2.12. The Morgan fingerprint density at radius 3 is 2.88 bits per heavy atom. The molecule has 1 aliphatic heterocycles. The number of morpholine rings is 1. The van der Waals surface area contributed by atoms with E-state index in [0.717, 1.165) is 45.8 Å². The SMILES string of the molecule is Oc1c(Cl)cc(Cl)cc1/C=N/NC(=S)NCCC[NH+]1CCOCC1. The van der Waals surface area contributed by atoms with Gasteiger partial charge >= 0.3 is 0 Å². The van der Waals surface area contributed by atoms with Crippen molar-refractivity contribution in [3.8, 4) is 5.75 Å². The molecule has 0 aliphatic carbocycles. The Kier molecular flexibility index (Phi) is 8.01. The molecule has 0 saturated carbocycles. The maximum absolute atomic E-state index is 9.82. The summed E-state index contributed by atoms with van der Waals surface area (Å²) in [6.07, 6.45) is 2.44. The number of rotatable bonds is 6. The monoisotopic (exact) mass is 391 g/mol. The van der Waals surface area contributed by atoms with E-state index in [0.29, 0.717) is 15.7 Å². The van der Waals surface area contributed by atoms with Gasteiger partial charge < -0.3 is 20.1 Å². The number of quaternary nitrogens is 1. The molecule has 0 bridgehead atoms. The zero-order valence-corrected chi connectivity index (χ0v) is 15.5. The largest absolute Gasteiger partial charge is 0.506 e. The summed E-state index contributed by atoms with van der Waals surface area (Å²) < 4.78 is 5.33. The lowest BCUT2D eigenvalue weighted by Gasteiger charge is -2.23. The highest BCUT2D eigenvalue weighted by Crippen LogP contribution is 2.29. The summed E-state index contributed by atoms with van der Waals surface area (Å²) in [6.45, 7) is 5.70. The summed E-state index contributed by atoms with van der Waals surface area (Å²) in [5.41, 5.74) is 3.12. The molecule has 0 spiro atoms. The van der Waals surface area contributed by atoms with Gasteiger partial charge in [0.15, 0.2) is 5.11 Å². The van der Waals surface area contributed by atoms with Crippen molar-refractivity contribution in [3.63, 3.8) is 0 Å². The highest BCUT2D eigenvalue weighted by molar-refractivity contribution is 7.80. The third-order valence-electron chi connectivity index (χ3n) is 3.62. The zero-order chi connectivity index (χ0) is 17.4. The lowest BCUT2D eigenvalue weighted by atomic mass is 10.2. The number of hydrazone groups is 1. The minimum atomic E-state index is -0.0704. The minimum Gasteiger partial charge on any atom is -0.506 e. The number of phenols is 1. The maximum atomic E-state index is 9.82. The molecule has 1 heterocycles. The van der Waals surface area contributed by atoms with Gasteiger partial charge in [-0.25, -0.2) is 0 Å². The molecule has 1 saturated heterocycles. The average molecular weight is 392 g/mol. The summed E-state index contributed by atoms with van der Waals surface area (Å²) in [6, 6.07) is 3.03. The molecule has 9 heteroatoms. The van der Waals surface area contributed by atoms with E-state index in [1.54, 1.807) is 11.0 Å². The lowest BCUT2D eigenvalue weighted by Crippen LogP contribution is -3.14. The number of hydrogen-bond donors (Lipinski definition) is 4. The molecular weight excluding hydrogens is 371 g/mol. The van der Waals surface area contributed by atoms with E-state index in [9.17, 15) is 5.11 Å². The van der Waals surface area contributed by atoms with Crippen LogP contribution in [0.2, 0.25) is 10.0 Å². The van der Waals surface area contributed by atoms with Crippen LogP contribution in [0.1, 0.15) is 12.0 Å². The van der Waals surface area contributed by atoms with Gasteiger partial charge in [0.25, 0.3) is 0 Å². The summed E-state index contributed by atoms with van der Waals surface area (Å²) in [5, 5.41) is 17.9. The van der Waals surface area contributed by atoms with E-state index in [1.807, 2.05) is 0 Å². The van der Waals surface area contributed by atoms with Crippen molar-refractivity contribution < 1.29 is 14.7 Å². The first-order valence-corrected chi connectivity index (χ1v) is 8.89. The van der Waals surface area contributed by atoms with Gasteiger partial charge in [-0.3, -0.25) is 5.43 Å². The van der Waals surface area contributed by atoms with Crippen LogP contribution < -0.4 is 15.6 Å². The highest BCUT2D eigenvalue weighted by atomic mass is 35.5. The van der Waals surface area contributed by atoms with Gasteiger partial charge in [0, 0.05) is 23.6 Å². The maximum Gasteiger partial charge on any atom is 0.186 e. The van der Waals surface area contributed by atoms with Crippen molar-refractivity contribution in [1.82, 2.24) is 10.7 Å². The molecule has 0 amide bonds. The zero-order valence-electron chi connectivity index (χ0n) is 13.1. The van der Waals surface area contributed by atoms with Crippen LogP contribution in [-0.4, -0.2) is 55.8 Å². The van der Waals surface area contributed by atoms with E-state index >= 15 is 0 Å². The van der Waals surface area contributed by atoms with E-state index in [4.69, 9.17) is 40.2 Å². The minimum absolute atomic E-state index is 0.0704. The molecule has 0 aromatic heterocycles. The first kappa shape index (κ1) is 19.2. The van der Waals surface area contributed by atoms with Crippen LogP contribution in [0.3, 0.4) is 0 Å². The van der Waals surface area contributed by atoms with Crippen LogP contribution in [0, 0.1) is 0 Å². The molecule has 132 valence electrons. The first-order chi connectivity index (χ1) is 11.6. The molecule has 1 aliphatic rings. The predicted molar refractivity (Wildman–Crippen MR) is 100 cm³/mol. The number of halogens is 2. The molecule has 0 unspecified atom stereocenters. The second kappa shape index (κ2) is 10.0. The molecule has 0 radical (unpaired) electrons. The van der Waals surface area contributed by atoms with Gasteiger partial charge in [0.05, 0.1) is 31.0 Å². The molecule has 1 aromatic carbocycles. The molecule has 4 N–H and O–H groups in total. The lowest BCUT2D eigenvalue weighted by molar-refractivity contribution is -0.908. The Morgan fingerprint density at radius 2 is 2.12 bits per heavy atom. The van der Waals surface area contributed by atoms with Crippen molar-refractivity contribution >= 4 is 46.7 Å². The van der Waals surface area contributed by atoms with Crippen LogP contribution >= 0.6 is 35.4 Å². The van der Waals surface area contributed by atoms with Gasteiger partial charge in [0.2, 0.25) is 0 Å². The summed E-state index contributed by atoms with van der Waals surface area (Å²) in [7, 11) is 0. The van der Waals surface area contributed by atoms with Crippen LogP contribution in [0.4, 0.5) is 0 Å². The van der Waals surface area contributed by atoms with Crippen molar-refractivity contribution in [2.24, 2.45) is 5.10 Å². The Labute approximate surface area is 156 Å². The van der Waals surface area contributed by atoms with Crippen molar-refractivity contribution in [2.45, 2.75) is 6.42 Å². The number of nitrogens with one attached hydrogen (secondary N) is 3. The van der Waals surface area contributed by atoms with E-state index in [1.165, 1.54) is 12.3 Å². The number of benzene rings is 1. The summed E-state index contributed by atoms with van der Waals surface area (Å²) >= 11 is 16.9. The Balaban J connectivity index is 1.67. The second-order valence-electron chi connectivity index (χ2n) is 5.42. The smallest absolute Gasteiger partial charge is 0.186 e. The van der Waals surface area contributed by atoms with Crippen molar-refractivity contribution in [3.05, 3.63) is 27.7 Å². The second-order valence-corrected chi connectivity index (χ2v) is 6.67. The van der Waals surface area contributed by atoms with Crippen LogP contribution in [0.25, 0.3) is 0 Å². The number of ether oxygens (including phenoxy) is 1. The Morgan fingerprint density at radius 1 is 1.38 bits per heavy atom. The molecule has 2 rings (SSSR count). The van der Waals surface area contributed by atoms with Crippen molar-refractivity contribution in [1.29, 1.82) is 0 Å². The normalized spacial score (nSPS) is 15.6. The van der Waals surface area contributed by atoms with Crippen LogP contribution in [-0.2, 0) is 4.74 Å². The van der Waals surface area contributed by atoms with E-state index < -0.39 is 0 Å². The topological polar surface area (TPSA) is 70.3 Å². The van der Waals surface area contributed by atoms with Gasteiger partial charge in [-0.05, 0) is 24.4 Å². The fourth-order valence-corrected chi connectivity index (χ4v) is 3.00.